The summed E-state index contributed by atoms with van der Waals surface area (Å²) in [6.07, 6.45) is 33.6. The van der Waals surface area contributed by atoms with E-state index in [1.54, 1.807) is 5.56 Å². The van der Waals surface area contributed by atoms with Crippen LogP contribution in [0.4, 0.5) is 0 Å². The Morgan fingerprint density at radius 2 is 1.87 bits per heavy atom. The minimum atomic E-state index is 0.00154. The first-order valence-corrected chi connectivity index (χ1v) is 15.7. The van der Waals surface area contributed by atoms with Gasteiger partial charge < -0.3 is 5.43 Å². The molecule has 38 heavy (non-hydrogen) atoms. The minimum absolute atomic E-state index is 0.00154. The van der Waals surface area contributed by atoms with Crippen LogP contribution in [0.1, 0.15) is 30.4 Å². The Labute approximate surface area is 233 Å². The van der Waals surface area contributed by atoms with Gasteiger partial charge in [-0.25, -0.2) is 0 Å². The van der Waals surface area contributed by atoms with Gasteiger partial charge in [-0.2, -0.15) is 5.10 Å². The van der Waals surface area contributed by atoms with Crippen molar-refractivity contribution in [3.8, 4) is 0 Å². The average Bonchev–Trinajstić information content (AvgIpc) is 3.52. The molecule has 1 N–H and O–H groups in total. The summed E-state index contributed by atoms with van der Waals surface area (Å²) >= 11 is 4.17. The number of hydrogen-bond acceptors (Lipinski definition) is 5. The molecule has 4 heterocycles. The number of allylic oxidation sites excluding steroid dienone is 9. The van der Waals surface area contributed by atoms with E-state index in [-0.39, 0.29) is 11.5 Å². The number of aliphatic imine (C=N–C) groups is 1. The van der Waals surface area contributed by atoms with Gasteiger partial charge in [0.05, 0.1) is 11.8 Å². The smallest absolute Gasteiger partial charge is 0.0780 e. The van der Waals surface area contributed by atoms with E-state index < -0.39 is 0 Å². The molecule has 1 aromatic carbocycles. The summed E-state index contributed by atoms with van der Waals surface area (Å²) in [6.45, 7) is 0.934. The lowest BCUT2D eigenvalue weighted by atomic mass is 9.51. The summed E-state index contributed by atoms with van der Waals surface area (Å²) < 4.78 is 0. The molecule has 1 fully saturated rings. The third kappa shape index (κ3) is 3.44. The monoisotopic (exact) mass is 533 g/mol. The number of nitrogens with one attached hydrogen (secondary N) is 1. The molecule has 8 rings (SSSR count). The van der Waals surface area contributed by atoms with Crippen molar-refractivity contribution in [1.82, 2.24) is 5.43 Å². The Balaban J connectivity index is 1.31. The third-order valence-corrected chi connectivity index (χ3v) is 12.0. The molecule has 7 aliphatic rings. The van der Waals surface area contributed by atoms with Crippen molar-refractivity contribution in [3.05, 3.63) is 113 Å². The van der Waals surface area contributed by atoms with Crippen LogP contribution in [0.2, 0.25) is 0 Å². The molecule has 1 aromatic rings. The Morgan fingerprint density at radius 3 is 2.76 bits per heavy atom. The quantitative estimate of drug-likeness (QED) is 0.448. The molecular weight excluding hydrogens is 503 g/mol. The Kier molecular flexibility index (Phi) is 5.59. The first kappa shape index (κ1) is 23.2. The van der Waals surface area contributed by atoms with Crippen LogP contribution >= 0.6 is 23.5 Å². The number of benzene rings is 1. The van der Waals surface area contributed by atoms with Gasteiger partial charge in [0.15, 0.2) is 0 Å². The van der Waals surface area contributed by atoms with Gasteiger partial charge in [0.2, 0.25) is 0 Å². The van der Waals surface area contributed by atoms with E-state index in [4.69, 9.17) is 4.99 Å². The molecule has 7 unspecified atom stereocenters. The first-order chi connectivity index (χ1) is 18.8. The van der Waals surface area contributed by atoms with Gasteiger partial charge in [-0.05, 0) is 46.6 Å². The van der Waals surface area contributed by atoms with Gasteiger partial charge in [0, 0.05) is 57.7 Å². The number of dihydropyridines is 1. The molecule has 0 saturated carbocycles. The average molecular weight is 534 g/mol. The molecule has 0 bridgehead atoms. The standard InChI is InChI=1S/C33H31N3S2/c1-3-10-29-23(7-1)33(25-14-12-21(19-31(25)37-29)27-9-5-6-17-34-27)24-8-2-4-11-30(24)38-32-20-22(13-15-26(32)33)28-16-18-35-36-28/h1-7,10-15,17,19-20,23-25,27,29,31,35H,8-9,16,18H2. The lowest BCUT2D eigenvalue weighted by Gasteiger charge is -2.60. The number of hydrazone groups is 1. The number of nitrogens with zero attached hydrogens (tertiary/aromatic N) is 2. The van der Waals surface area contributed by atoms with Crippen molar-refractivity contribution in [2.75, 3.05) is 6.54 Å². The van der Waals surface area contributed by atoms with Crippen molar-refractivity contribution >= 4 is 35.5 Å². The van der Waals surface area contributed by atoms with E-state index in [1.807, 2.05) is 18.0 Å². The van der Waals surface area contributed by atoms with Crippen molar-refractivity contribution in [1.29, 1.82) is 0 Å². The first-order valence-electron chi connectivity index (χ1n) is 13.9. The summed E-state index contributed by atoms with van der Waals surface area (Å²) in [5, 5.41) is 5.49. The summed E-state index contributed by atoms with van der Waals surface area (Å²) in [7, 11) is 0. The molecule has 0 radical (unpaired) electrons. The van der Waals surface area contributed by atoms with Gasteiger partial charge in [-0.3, -0.25) is 4.99 Å². The highest BCUT2D eigenvalue weighted by atomic mass is 32.2. The van der Waals surface area contributed by atoms with Crippen molar-refractivity contribution < 1.29 is 0 Å². The number of fused-ring (bicyclic) bond motifs is 8. The fraction of sp³-hybridized carbons (Fsp3) is 0.333. The second-order valence-corrected chi connectivity index (χ2v) is 13.6. The molecule has 0 amide bonds. The fourth-order valence-corrected chi connectivity index (χ4v) is 10.9. The van der Waals surface area contributed by atoms with E-state index in [0.717, 1.165) is 25.8 Å². The second-order valence-electron chi connectivity index (χ2n) is 11.1. The maximum Gasteiger partial charge on any atom is 0.0780 e. The van der Waals surface area contributed by atoms with E-state index in [2.05, 4.69) is 113 Å². The molecule has 190 valence electrons. The summed E-state index contributed by atoms with van der Waals surface area (Å²) in [5.41, 5.74) is 8.55. The third-order valence-electron chi connectivity index (χ3n) is 9.33. The predicted octanol–water partition coefficient (Wildman–Crippen LogP) is 6.93. The van der Waals surface area contributed by atoms with Crippen LogP contribution in [0.15, 0.2) is 117 Å². The summed E-state index contributed by atoms with van der Waals surface area (Å²) in [4.78, 5) is 7.77. The Bertz CT molecular complexity index is 1450. The molecule has 7 atom stereocenters. The normalized spacial score (nSPS) is 37.5. The predicted molar refractivity (Wildman–Crippen MR) is 162 cm³/mol. The lowest BCUT2D eigenvalue weighted by Crippen LogP contribution is -2.58. The SMILES string of the molecule is C1=CCC(C2=CC3SC4C=CC=CC4C4(c5ccc(C6=NNCC6)cc5SC5=CC=CCC54)C3C=C2)N=C1. The van der Waals surface area contributed by atoms with Crippen molar-refractivity contribution in [2.24, 2.45) is 27.8 Å². The molecule has 4 aliphatic heterocycles. The van der Waals surface area contributed by atoms with Crippen LogP contribution in [-0.2, 0) is 5.41 Å². The number of thioether (sulfide) groups is 2. The van der Waals surface area contributed by atoms with Gasteiger partial charge in [-0.15, -0.1) is 11.8 Å². The Hall–Kier alpha value is -2.76. The topological polar surface area (TPSA) is 36.8 Å². The molecule has 5 heteroatoms. The Morgan fingerprint density at radius 1 is 0.947 bits per heavy atom. The maximum atomic E-state index is 4.82. The molecular formula is C33H31N3S2. The van der Waals surface area contributed by atoms with Gasteiger partial charge >= 0.3 is 0 Å². The zero-order valence-corrected chi connectivity index (χ0v) is 22.9. The summed E-state index contributed by atoms with van der Waals surface area (Å²) in [6, 6.07) is 7.52. The molecule has 1 spiro atoms. The van der Waals surface area contributed by atoms with E-state index in [1.165, 1.54) is 26.6 Å². The minimum Gasteiger partial charge on any atom is -0.309 e. The van der Waals surface area contributed by atoms with Gasteiger partial charge in [0.1, 0.15) is 0 Å². The van der Waals surface area contributed by atoms with Crippen LogP contribution in [0.25, 0.3) is 0 Å². The fourth-order valence-electron chi connectivity index (χ4n) is 7.72. The molecule has 3 nitrogen and oxygen atoms in total. The maximum absolute atomic E-state index is 4.82. The van der Waals surface area contributed by atoms with Crippen molar-refractivity contribution in [3.63, 3.8) is 0 Å². The van der Waals surface area contributed by atoms with Crippen LogP contribution in [0.5, 0.6) is 0 Å². The zero-order chi connectivity index (χ0) is 25.1. The van der Waals surface area contributed by atoms with Crippen LogP contribution < -0.4 is 5.43 Å². The number of rotatable bonds is 2. The summed E-state index contributed by atoms with van der Waals surface area (Å²) in [5.74, 6) is 1.35. The van der Waals surface area contributed by atoms with Crippen LogP contribution in [-0.4, -0.2) is 35.0 Å². The molecule has 0 aromatic heterocycles. The van der Waals surface area contributed by atoms with E-state index in [9.17, 15) is 0 Å². The highest BCUT2D eigenvalue weighted by Gasteiger charge is 2.61. The van der Waals surface area contributed by atoms with Gasteiger partial charge in [0.25, 0.3) is 0 Å². The highest BCUT2D eigenvalue weighted by Crippen LogP contribution is 2.67. The van der Waals surface area contributed by atoms with Gasteiger partial charge in [-0.1, -0.05) is 90.7 Å². The number of hydrogen-bond donors (Lipinski definition) is 1. The van der Waals surface area contributed by atoms with Crippen LogP contribution in [0.3, 0.4) is 0 Å². The van der Waals surface area contributed by atoms with E-state index >= 15 is 0 Å². The van der Waals surface area contributed by atoms with Crippen LogP contribution in [0, 0.1) is 17.8 Å². The largest absolute Gasteiger partial charge is 0.309 e. The molecule has 3 aliphatic carbocycles. The highest BCUT2D eigenvalue weighted by molar-refractivity contribution is 8.03. The second kappa shape index (κ2) is 9.17. The van der Waals surface area contributed by atoms with Crippen molar-refractivity contribution in [2.45, 2.75) is 46.1 Å². The molecule has 1 saturated heterocycles. The lowest BCUT2D eigenvalue weighted by molar-refractivity contribution is 0.156. The zero-order valence-electron chi connectivity index (χ0n) is 21.2. The van der Waals surface area contributed by atoms with E-state index in [0.29, 0.717) is 28.3 Å².